The van der Waals surface area contributed by atoms with E-state index >= 15 is 0 Å². The maximum Gasteiger partial charge on any atom is 0.279 e. The van der Waals surface area contributed by atoms with Crippen molar-refractivity contribution < 1.29 is 14.3 Å². The minimum atomic E-state index is -0.396. The third-order valence-corrected chi connectivity index (χ3v) is 4.84. The van der Waals surface area contributed by atoms with Gasteiger partial charge in [0.25, 0.3) is 11.8 Å². The average molecular weight is 431 g/mol. The SMILES string of the molecule is CCOc1ccc(Br)cc1/C=C1\SC(=NC(=O)c2ccccc2)NC1=O. The van der Waals surface area contributed by atoms with Crippen LogP contribution in [0.15, 0.2) is 62.9 Å². The first kappa shape index (κ1) is 18.4. The number of halogens is 1. The average Bonchev–Trinajstić information content (AvgIpc) is 2.97. The lowest BCUT2D eigenvalue weighted by molar-refractivity contribution is -0.115. The van der Waals surface area contributed by atoms with E-state index in [2.05, 4.69) is 26.2 Å². The maximum absolute atomic E-state index is 12.2. The number of amides is 2. The number of aliphatic imine (C=N–C) groups is 1. The van der Waals surface area contributed by atoms with E-state index in [1.165, 1.54) is 0 Å². The molecule has 0 saturated carbocycles. The van der Waals surface area contributed by atoms with Crippen LogP contribution in [0.2, 0.25) is 0 Å². The van der Waals surface area contributed by atoms with Gasteiger partial charge < -0.3 is 10.1 Å². The fraction of sp³-hybridized carbons (Fsp3) is 0.105. The highest BCUT2D eigenvalue weighted by Crippen LogP contribution is 2.31. The van der Waals surface area contributed by atoms with Gasteiger partial charge in [0.1, 0.15) is 5.75 Å². The Morgan fingerprint density at radius 3 is 2.77 bits per heavy atom. The minimum Gasteiger partial charge on any atom is -0.493 e. The van der Waals surface area contributed by atoms with E-state index in [1.54, 1.807) is 30.3 Å². The molecule has 0 radical (unpaired) electrons. The first-order valence-corrected chi connectivity index (χ1v) is 9.49. The molecule has 5 nitrogen and oxygen atoms in total. The van der Waals surface area contributed by atoms with Gasteiger partial charge in [-0.1, -0.05) is 34.1 Å². The first-order valence-electron chi connectivity index (χ1n) is 7.88. The van der Waals surface area contributed by atoms with E-state index < -0.39 is 5.91 Å². The lowest BCUT2D eigenvalue weighted by Crippen LogP contribution is -2.20. The van der Waals surface area contributed by atoms with E-state index in [-0.39, 0.29) is 11.1 Å². The van der Waals surface area contributed by atoms with Crippen LogP contribution in [0.4, 0.5) is 0 Å². The van der Waals surface area contributed by atoms with Crippen LogP contribution in [-0.4, -0.2) is 23.6 Å². The highest BCUT2D eigenvalue weighted by Gasteiger charge is 2.25. The van der Waals surface area contributed by atoms with Crippen LogP contribution >= 0.6 is 27.7 Å². The number of benzene rings is 2. The van der Waals surface area contributed by atoms with Crippen LogP contribution in [0.3, 0.4) is 0 Å². The highest BCUT2D eigenvalue weighted by molar-refractivity contribution is 9.10. The molecular formula is C19H15BrN2O3S. The van der Waals surface area contributed by atoms with Crippen molar-refractivity contribution in [2.24, 2.45) is 4.99 Å². The van der Waals surface area contributed by atoms with Gasteiger partial charge in [0, 0.05) is 15.6 Å². The third-order valence-electron chi connectivity index (χ3n) is 3.43. The number of rotatable bonds is 4. The molecule has 0 spiro atoms. The maximum atomic E-state index is 12.2. The Balaban J connectivity index is 1.84. The van der Waals surface area contributed by atoms with Crippen molar-refractivity contribution in [2.45, 2.75) is 6.92 Å². The van der Waals surface area contributed by atoms with Crippen molar-refractivity contribution in [3.8, 4) is 5.75 Å². The number of nitrogens with zero attached hydrogens (tertiary/aromatic N) is 1. The van der Waals surface area contributed by atoms with Gasteiger partial charge in [-0.2, -0.15) is 4.99 Å². The molecule has 2 amide bonds. The standard InChI is InChI=1S/C19H15BrN2O3S/c1-2-25-15-9-8-14(20)10-13(15)11-16-18(24)22-19(26-16)21-17(23)12-6-4-3-5-7-12/h3-11H,2H2,1H3,(H,21,22,23,24)/b16-11-. The van der Waals surface area contributed by atoms with Gasteiger partial charge >= 0.3 is 0 Å². The van der Waals surface area contributed by atoms with Crippen molar-refractivity contribution in [3.63, 3.8) is 0 Å². The van der Waals surface area contributed by atoms with Crippen LogP contribution in [0.25, 0.3) is 6.08 Å². The molecule has 2 aromatic rings. The molecule has 1 aliphatic heterocycles. The molecular weight excluding hydrogens is 416 g/mol. The fourth-order valence-electron chi connectivity index (χ4n) is 2.28. The molecule has 132 valence electrons. The summed E-state index contributed by atoms with van der Waals surface area (Å²) in [6, 6.07) is 14.3. The van der Waals surface area contributed by atoms with Gasteiger partial charge in [0.2, 0.25) is 0 Å². The largest absolute Gasteiger partial charge is 0.493 e. The number of nitrogens with one attached hydrogen (secondary N) is 1. The molecule has 1 aliphatic rings. The monoisotopic (exact) mass is 430 g/mol. The lowest BCUT2D eigenvalue weighted by Gasteiger charge is -2.07. The van der Waals surface area contributed by atoms with Crippen molar-refractivity contribution >= 4 is 50.7 Å². The molecule has 0 aromatic heterocycles. The molecule has 0 bridgehead atoms. The second kappa shape index (κ2) is 8.33. The Labute approximate surface area is 163 Å². The Hall–Kier alpha value is -2.38. The van der Waals surface area contributed by atoms with E-state index in [9.17, 15) is 9.59 Å². The van der Waals surface area contributed by atoms with Crippen molar-refractivity contribution in [1.82, 2.24) is 5.32 Å². The number of amidine groups is 1. The summed E-state index contributed by atoms with van der Waals surface area (Å²) < 4.78 is 6.48. The van der Waals surface area contributed by atoms with Gasteiger partial charge in [-0.25, -0.2) is 0 Å². The Morgan fingerprint density at radius 2 is 2.04 bits per heavy atom. The van der Waals surface area contributed by atoms with Crippen molar-refractivity contribution in [2.75, 3.05) is 6.61 Å². The molecule has 0 atom stereocenters. The molecule has 26 heavy (non-hydrogen) atoms. The Bertz CT molecular complexity index is 910. The van der Waals surface area contributed by atoms with E-state index in [1.807, 2.05) is 31.2 Å². The number of hydrogen-bond acceptors (Lipinski definition) is 4. The quantitative estimate of drug-likeness (QED) is 0.736. The zero-order chi connectivity index (χ0) is 18.5. The number of carbonyl (C=O) groups excluding carboxylic acids is 2. The molecule has 3 rings (SSSR count). The van der Waals surface area contributed by atoms with Gasteiger partial charge in [0.15, 0.2) is 5.17 Å². The van der Waals surface area contributed by atoms with E-state index in [0.717, 1.165) is 21.8 Å². The molecule has 0 unspecified atom stereocenters. The molecule has 1 fully saturated rings. The molecule has 7 heteroatoms. The summed E-state index contributed by atoms with van der Waals surface area (Å²) in [4.78, 5) is 28.8. The lowest BCUT2D eigenvalue weighted by atomic mass is 10.2. The summed E-state index contributed by atoms with van der Waals surface area (Å²) in [5.41, 5.74) is 1.24. The van der Waals surface area contributed by atoms with E-state index in [0.29, 0.717) is 22.8 Å². The van der Waals surface area contributed by atoms with Crippen LogP contribution in [0, 0.1) is 0 Å². The molecule has 0 aliphatic carbocycles. The summed E-state index contributed by atoms with van der Waals surface area (Å²) in [5, 5.41) is 2.89. The van der Waals surface area contributed by atoms with Crippen LogP contribution in [0.1, 0.15) is 22.8 Å². The number of carbonyl (C=O) groups is 2. The highest BCUT2D eigenvalue weighted by atomic mass is 79.9. The first-order chi connectivity index (χ1) is 12.6. The Morgan fingerprint density at radius 1 is 1.27 bits per heavy atom. The number of thioether (sulfide) groups is 1. The normalized spacial score (nSPS) is 16.8. The number of hydrogen-bond donors (Lipinski definition) is 1. The molecule has 1 saturated heterocycles. The predicted octanol–water partition coefficient (Wildman–Crippen LogP) is 4.25. The zero-order valence-corrected chi connectivity index (χ0v) is 16.3. The summed E-state index contributed by atoms with van der Waals surface area (Å²) in [6.07, 6.45) is 1.73. The summed E-state index contributed by atoms with van der Waals surface area (Å²) in [7, 11) is 0. The van der Waals surface area contributed by atoms with Gasteiger partial charge in [-0.05, 0) is 55.1 Å². The summed E-state index contributed by atoms with van der Waals surface area (Å²) >= 11 is 4.55. The molecule has 1 N–H and O–H groups in total. The second-order valence-electron chi connectivity index (χ2n) is 5.27. The van der Waals surface area contributed by atoms with Crippen molar-refractivity contribution in [1.29, 1.82) is 0 Å². The minimum absolute atomic E-state index is 0.267. The third kappa shape index (κ3) is 4.42. The molecule has 2 aromatic carbocycles. The summed E-state index contributed by atoms with van der Waals surface area (Å²) in [6.45, 7) is 2.42. The second-order valence-corrected chi connectivity index (χ2v) is 7.21. The summed E-state index contributed by atoms with van der Waals surface area (Å²) in [5.74, 6) is -0.00787. The van der Waals surface area contributed by atoms with Gasteiger partial charge in [-0.3, -0.25) is 9.59 Å². The van der Waals surface area contributed by atoms with Gasteiger partial charge in [-0.15, -0.1) is 0 Å². The number of ether oxygens (including phenoxy) is 1. The predicted molar refractivity (Wildman–Crippen MR) is 107 cm³/mol. The van der Waals surface area contributed by atoms with Crippen molar-refractivity contribution in [3.05, 3.63) is 69.0 Å². The Kier molecular flexibility index (Phi) is 5.90. The van der Waals surface area contributed by atoms with Crippen LogP contribution in [-0.2, 0) is 4.79 Å². The fourth-order valence-corrected chi connectivity index (χ4v) is 3.47. The molecule has 1 heterocycles. The van der Waals surface area contributed by atoms with Crippen LogP contribution in [0.5, 0.6) is 5.75 Å². The van der Waals surface area contributed by atoms with Gasteiger partial charge in [0.05, 0.1) is 11.5 Å². The van der Waals surface area contributed by atoms with Crippen LogP contribution < -0.4 is 10.1 Å². The smallest absolute Gasteiger partial charge is 0.279 e. The van der Waals surface area contributed by atoms with E-state index in [4.69, 9.17) is 4.74 Å². The zero-order valence-electron chi connectivity index (χ0n) is 13.9. The topological polar surface area (TPSA) is 67.8 Å².